The monoisotopic (exact) mass is 251 g/mol. The SMILES string of the molecule is CC1(C(=O)O)CCCCN1CCCn1cccn1. The molecule has 0 saturated carbocycles. The minimum atomic E-state index is -0.693. The van der Waals surface area contributed by atoms with E-state index >= 15 is 0 Å². The molecule has 1 aromatic rings. The quantitative estimate of drug-likeness (QED) is 0.863. The number of carbonyl (C=O) groups is 1. The Labute approximate surface area is 107 Å². The fraction of sp³-hybridized carbons (Fsp3) is 0.692. The summed E-state index contributed by atoms with van der Waals surface area (Å²) in [5, 5.41) is 13.5. The van der Waals surface area contributed by atoms with E-state index in [4.69, 9.17) is 0 Å². The molecule has 0 aliphatic carbocycles. The van der Waals surface area contributed by atoms with Gasteiger partial charge in [0.25, 0.3) is 0 Å². The van der Waals surface area contributed by atoms with E-state index in [0.717, 1.165) is 45.3 Å². The van der Waals surface area contributed by atoms with Gasteiger partial charge in [-0.05, 0) is 45.2 Å². The van der Waals surface area contributed by atoms with Crippen LogP contribution in [0.15, 0.2) is 18.5 Å². The number of hydrogen-bond donors (Lipinski definition) is 1. The van der Waals surface area contributed by atoms with Crippen LogP contribution in [0.4, 0.5) is 0 Å². The zero-order chi connectivity index (χ0) is 13.0. The van der Waals surface area contributed by atoms with Crippen LogP contribution < -0.4 is 0 Å². The Morgan fingerprint density at radius 3 is 2.94 bits per heavy atom. The van der Waals surface area contributed by atoms with Crippen molar-refractivity contribution in [3.8, 4) is 0 Å². The summed E-state index contributed by atoms with van der Waals surface area (Å²) in [6.45, 7) is 4.41. The van der Waals surface area contributed by atoms with Crippen LogP contribution in [0.25, 0.3) is 0 Å². The summed E-state index contributed by atoms with van der Waals surface area (Å²) in [7, 11) is 0. The van der Waals surface area contributed by atoms with Crippen LogP contribution in [0.3, 0.4) is 0 Å². The highest BCUT2D eigenvalue weighted by Gasteiger charge is 2.40. The Kier molecular flexibility index (Phi) is 4.01. The standard InChI is InChI=1S/C13H21N3O2/c1-13(12(17)18)6-2-3-8-15(13)9-5-11-16-10-4-7-14-16/h4,7,10H,2-3,5-6,8-9,11H2,1H3,(H,17,18). The predicted molar refractivity (Wildman–Crippen MR) is 68.3 cm³/mol. The summed E-state index contributed by atoms with van der Waals surface area (Å²) in [5.74, 6) is -0.693. The van der Waals surface area contributed by atoms with Crippen molar-refractivity contribution in [1.82, 2.24) is 14.7 Å². The predicted octanol–water partition coefficient (Wildman–Crippen LogP) is 1.60. The molecule has 100 valence electrons. The van der Waals surface area contributed by atoms with Gasteiger partial charge in [-0.25, -0.2) is 0 Å². The van der Waals surface area contributed by atoms with E-state index in [1.165, 1.54) is 0 Å². The van der Waals surface area contributed by atoms with Crippen molar-refractivity contribution in [1.29, 1.82) is 0 Å². The van der Waals surface area contributed by atoms with Gasteiger partial charge < -0.3 is 5.11 Å². The Hall–Kier alpha value is -1.36. The molecule has 0 amide bonds. The summed E-state index contributed by atoms with van der Waals surface area (Å²) in [6, 6.07) is 1.91. The maximum absolute atomic E-state index is 11.4. The largest absolute Gasteiger partial charge is 0.480 e. The van der Waals surface area contributed by atoms with E-state index in [2.05, 4.69) is 10.00 Å². The second kappa shape index (κ2) is 5.52. The summed E-state index contributed by atoms with van der Waals surface area (Å²) in [6.07, 6.45) is 7.51. The molecule has 1 saturated heterocycles. The number of piperidine rings is 1. The molecule has 5 nitrogen and oxygen atoms in total. The Morgan fingerprint density at radius 1 is 1.44 bits per heavy atom. The van der Waals surface area contributed by atoms with Crippen molar-refractivity contribution in [3.05, 3.63) is 18.5 Å². The van der Waals surface area contributed by atoms with Crippen LogP contribution in [0, 0.1) is 0 Å². The topological polar surface area (TPSA) is 58.4 Å². The fourth-order valence-corrected chi connectivity index (χ4v) is 2.63. The first-order valence-electron chi connectivity index (χ1n) is 6.59. The Balaban J connectivity index is 1.88. The third-order valence-electron chi connectivity index (χ3n) is 3.87. The lowest BCUT2D eigenvalue weighted by Crippen LogP contribution is -2.55. The lowest BCUT2D eigenvalue weighted by atomic mass is 9.88. The van der Waals surface area contributed by atoms with Gasteiger partial charge in [0.15, 0.2) is 0 Å². The highest BCUT2D eigenvalue weighted by Crippen LogP contribution is 2.28. The number of carboxylic acid groups (broad SMARTS) is 1. The number of likely N-dealkylation sites (tertiary alicyclic amines) is 1. The van der Waals surface area contributed by atoms with E-state index < -0.39 is 11.5 Å². The minimum Gasteiger partial charge on any atom is -0.480 e. The normalized spacial score (nSPS) is 25.2. The van der Waals surface area contributed by atoms with Crippen LogP contribution in [0.1, 0.15) is 32.6 Å². The molecular weight excluding hydrogens is 230 g/mol. The van der Waals surface area contributed by atoms with Crippen molar-refractivity contribution >= 4 is 5.97 Å². The molecule has 5 heteroatoms. The Bertz CT molecular complexity index is 391. The van der Waals surface area contributed by atoms with Crippen LogP contribution >= 0.6 is 0 Å². The first-order chi connectivity index (χ1) is 8.63. The van der Waals surface area contributed by atoms with Gasteiger partial charge in [0.1, 0.15) is 5.54 Å². The lowest BCUT2D eigenvalue weighted by Gasteiger charge is -2.41. The molecule has 18 heavy (non-hydrogen) atoms. The van der Waals surface area contributed by atoms with E-state index in [0.29, 0.717) is 0 Å². The summed E-state index contributed by atoms with van der Waals surface area (Å²) < 4.78 is 1.89. The average molecular weight is 251 g/mol. The van der Waals surface area contributed by atoms with Gasteiger partial charge in [-0.2, -0.15) is 5.10 Å². The van der Waals surface area contributed by atoms with Crippen LogP contribution in [0.5, 0.6) is 0 Å². The lowest BCUT2D eigenvalue weighted by molar-refractivity contribution is -0.153. The Morgan fingerprint density at radius 2 is 2.28 bits per heavy atom. The first-order valence-corrected chi connectivity index (χ1v) is 6.59. The first kappa shape index (κ1) is 13.1. The van der Waals surface area contributed by atoms with E-state index in [1.807, 2.05) is 23.9 Å². The number of rotatable bonds is 5. The number of aromatic nitrogens is 2. The van der Waals surface area contributed by atoms with Crippen molar-refractivity contribution < 1.29 is 9.90 Å². The second-order valence-corrected chi connectivity index (χ2v) is 5.15. The number of aryl methyl sites for hydroxylation is 1. The van der Waals surface area contributed by atoms with Gasteiger partial charge in [0, 0.05) is 25.5 Å². The van der Waals surface area contributed by atoms with E-state index in [-0.39, 0.29) is 0 Å². The van der Waals surface area contributed by atoms with E-state index in [1.54, 1.807) is 6.20 Å². The molecule has 0 aromatic carbocycles. The zero-order valence-electron chi connectivity index (χ0n) is 10.9. The number of carboxylic acids is 1. The summed E-state index contributed by atoms with van der Waals surface area (Å²) in [4.78, 5) is 13.5. The highest BCUT2D eigenvalue weighted by atomic mass is 16.4. The molecular formula is C13H21N3O2. The van der Waals surface area contributed by atoms with Crippen LogP contribution in [0.2, 0.25) is 0 Å². The van der Waals surface area contributed by atoms with Crippen molar-refractivity contribution in [2.75, 3.05) is 13.1 Å². The minimum absolute atomic E-state index is 0.678. The van der Waals surface area contributed by atoms with E-state index in [9.17, 15) is 9.90 Å². The van der Waals surface area contributed by atoms with Gasteiger partial charge in [0.2, 0.25) is 0 Å². The molecule has 0 bridgehead atoms. The van der Waals surface area contributed by atoms with Crippen LogP contribution in [-0.4, -0.2) is 44.4 Å². The van der Waals surface area contributed by atoms with Crippen molar-refractivity contribution in [3.63, 3.8) is 0 Å². The zero-order valence-corrected chi connectivity index (χ0v) is 10.9. The average Bonchev–Trinajstić information content (AvgIpc) is 2.84. The van der Waals surface area contributed by atoms with Gasteiger partial charge >= 0.3 is 5.97 Å². The highest BCUT2D eigenvalue weighted by molar-refractivity contribution is 5.78. The van der Waals surface area contributed by atoms with Crippen molar-refractivity contribution in [2.45, 2.75) is 44.7 Å². The molecule has 2 heterocycles. The fourth-order valence-electron chi connectivity index (χ4n) is 2.63. The number of nitrogens with zero attached hydrogens (tertiary/aromatic N) is 3. The molecule has 1 unspecified atom stereocenters. The molecule has 0 spiro atoms. The van der Waals surface area contributed by atoms with Crippen molar-refractivity contribution in [2.24, 2.45) is 0 Å². The maximum Gasteiger partial charge on any atom is 0.323 e. The van der Waals surface area contributed by atoms with Gasteiger partial charge in [0.05, 0.1) is 0 Å². The van der Waals surface area contributed by atoms with Gasteiger partial charge in [-0.3, -0.25) is 14.4 Å². The number of hydrogen-bond acceptors (Lipinski definition) is 3. The van der Waals surface area contributed by atoms with Crippen LogP contribution in [-0.2, 0) is 11.3 Å². The van der Waals surface area contributed by atoms with Gasteiger partial charge in [-0.1, -0.05) is 0 Å². The molecule has 1 N–H and O–H groups in total. The molecule has 1 atom stereocenters. The molecule has 1 aromatic heterocycles. The molecule has 1 aliphatic rings. The van der Waals surface area contributed by atoms with Gasteiger partial charge in [-0.15, -0.1) is 0 Å². The molecule has 0 radical (unpaired) electrons. The molecule has 1 aliphatic heterocycles. The summed E-state index contributed by atoms with van der Waals surface area (Å²) >= 11 is 0. The summed E-state index contributed by atoms with van der Waals surface area (Å²) in [5.41, 5.74) is -0.678. The smallest absolute Gasteiger partial charge is 0.323 e. The number of aliphatic carboxylic acids is 1. The third kappa shape index (κ3) is 2.72. The molecule has 1 fully saturated rings. The second-order valence-electron chi connectivity index (χ2n) is 5.15. The third-order valence-corrected chi connectivity index (χ3v) is 3.87. The molecule has 2 rings (SSSR count). The maximum atomic E-state index is 11.4.